The smallest absolute Gasteiger partial charge is 0.147 e. The number of hydrogen-bond donors (Lipinski definition) is 1. The molecule has 1 aromatic rings. The van der Waals surface area contributed by atoms with Crippen LogP contribution in [0.3, 0.4) is 0 Å². The van der Waals surface area contributed by atoms with E-state index in [1.807, 2.05) is 0 Å². The normalized spacial score (nSPS) is 13.4. The molecule has 1 aromatic carbocycles. The van der Waals surface area contributed by atoms with Crippen molar-refractivity contribution in [2.45, 2.75) is 32.2 Å². The SMILES string of the molecule is CCCNC(CCCS(C)(=O)=O)c1ccc(F)c(Br)c1. The molecule has 1 unspecified atom stereocenters. The summed E-state index contributed by atoms with van der Waals surface area (Å²) in [6.45, 7) is 2.92. The highest BCUT2D eigenvalue weighted by Gasteiger charge is 2.13. The zero-order chi connectivity index (χ0) is 15.2. The van der Waals surface area contributed by atoms with Crippen LogP contribution in [0, 0.1) is 5.82 Å². The van der Waals surface area contributed by atoms with E-state index >= 15 is 0 Å². The molecule has 0 aliphatic rings. The van der Waals surface area contributed by atoms with Crippen LogP contribution in [0.5, 0.6) is 0 Å². The maximum atomic E-state index is 13.3. The molecule has 1 atom stereocenters. The van der Waals surface area contributed by atoms with E-state index in [9.17, 15) is 12.8 Å². The molecule has 1 rings (SSSR count). The third-order valence-corrected chi connectivity index (χ3v) is 4.63. The van der Waals surface area contributed by atoms with Crippen LogP contribution in [0.1, 0.15) is 37.8 Å². The van der Waals surface area contributed by atoms with Gasteiger partial charge in [-0.3, -0.25) is 0 Å². The maximum Gasteiger partial charge on any atom is 0.147 e. The molecule has 114 valence electrons. The second kappa shape index (κ2) is 8.10. The fourth-order valence-electron chi connectivity index (χ4n) is 1.98. The highest BCUT2D eigenvalue weighted by molar-refractivity contribution is 9.10. The van der Waals surface area contributed by atoms with E-state index in [2.05, 4.69) is 28.2 Å². The average Bonchev–Trinajstić information content (AvgIpc) is 2.35. The number of halogens is 2. The van der Waals surface area contributed by atoms with E-state index in [0.29, 0.717) is 17.3 Å². The van der Waals surface area contributed by atoms with Crippen LogP contribution in [-0.4, -0.2) is 27.0 Å². The van der Waals surface area contributed by atoms with Gasteiger partial charge in [0.15, 0.2) is 0 Å². The maximum absolute atomic E-state index is 13.3. The molecule has 0 aromatic heterocycles. The van der Waals surface area contributed by atoms with Gasteiger partial charge in [0, 0.05) is 18.1 Å². The summed E-state index contributed by atoms with van der Waals surface area (Å²) in [6.07, 6.45) is 3.54. The Hall–Kier alpha value is -0.460. The molecule has 0 heterocycles. The average molecular weight is 366 g/mol. The van der Waals surface area contributed by atoms with Crippen LogP contribution in [0.2, 0.25) is 0 Å². The fourth-order valence-corrected chi connectivity index (χ4v) is 3.07. The second-order valence-electron chi connectivity index (χ2n) is 4.95. The summed E-state index contributed by atoms with van der Waals surface area (Å²) in [5.74, 6) is -0.112. The largest absolute Gasteiger partial charge is 0.310 e. The van der Waals surface area contributed by atoms with Gasteiger partial charge >= 0.3 is 0 Å². The number of nitrogens with one attached hydrogen (secondary N) is 1. The molecule has 0 saturated carbocycles. The van der Waals surface area contributed by atoms with E-state index in [-0.39, 0.29) is 17.6 Å². The topological polar surface area (TPSA) is 46.2 Å². The van der Waals surface area contributed by atoms with Crippen LogP contribution in [0.4, 0.5) is 4.39 Å². The van der Waals surface area contributed by atoms with Gasteiger partial charge in [-0.15, -0.1) is 0 Å². The molecular formula is C14H21BrFNO2S. The van der Waals surface area contributed by atoms with Gasteiger partial charge in [0.05, 0.1) is 4.47 Å². The van der Waals surface area contributed by atoms with E-state index in [4.69, 9.17) is 0 Å². The number of rotatable bonds is 8. The van der Waals surface area contributed by atoms with Crippen molar-refractivity contribution in [1.82, 2.24) is 5.32 Å². The molecule has 0 amide bonds. The lowest BCUT2D eigenvalue weighted by Crippen LogP contribution is -2.23. The first-order valence-electron chi connectivity index (χ1n) is 6.69. The van der Waals surface area contributed by atoms with Crippen LogP contribution >= 0.6 is 15.9 Å². The van der Waals surface area contributed by atoms with Crippen molar-refractivity contribution in [3.8, 4) is 0 Å². The fraction of sp³-hybridized carbons (Fsp3) is 0.571. The van der Waals surface area contributed by atoms with Crippen molar-refractivity contribution < 1.29 is 12.8 Å². The summed E-state index contributed by atoms with van der Waals surface area (Å²) in [6, 6.07) is 4.97. The van der Waals surface area contributed by atoms with Gasteiger partial charge in [0.2, 0.25) is 0 Å². The van der Waals surface area contributed by atoms with E-state index < -0.39 is 9.84 Å². The van der Waals surface area contributed by atoms with Crippen LogP contribution < -0.4 is 5.32 Å². The monoisotopic (exact) mass is 365 g/mol. The van der Waals surface area contributed by atoms with Crippen LogP contribution in [-0.2, 0) is 9.84 Å². The lowest BCUT2D eigenvalue weighted by molar-refractivity contribution is 0.491. The van der Waals surface area contributed by atoms with Gasteiger partial charge in [-0.05, 0) is 59.4 Å². The van der Waals surface area contributed by atoms with E-state index in [1.165, 1.54) is 12.3 Å². The Kier molecular flexibility index (Phi) is 7.12. The molecule has 0 aliphatic carbocycles. The summed E-state index contributed by atoms with van der Waals surface area (Å²) < 4.78 is 36.1. The van der Waals surface area contributed by atoms with Crippen molar-refractivity contribution in [3.63, 3.8) is 0 Å². The molecule has 0 radical (unpaired) electrons. The Morgan fingerprint density at radius 3 is 2.65 bits per heavy atom. The van der Waals surface area contributed by atoms with Crippen molar-refractivity contribution in [1.29, 1.82) is 0 Å². The molecule has 3 nitrogen and oxygen atoms in total. The van der Waals surface area contributed by atoms with E-state index in [1.54, 1.807) is 12.1 Å². The van der Waals surface area contributed by atoms with Crippen LogP contribution in [0.15, 0.2) is 22.7 Å². The molecule has 0 saturated heterocycles. The zero-order valence-corrected chi connectivity index (χ0v) is 14.2. The van der Waals surface area contributed by atoms with Crippen molar-refractivity contribution in [2.75, 3.05) is 18.6 Å². The Morgan fingerprint density at radius 2 is 2.10 bits per heavy atom. The molecule has 0 fully saturated rings. The predicted octanol–water partition coefficient (Wildman–Crippen LogP) is 3.45. The minimum atomic E-state index is -2.93. The highest BCUT2D eigenvalue weighted by atomic mass is 79.9. The first-order chi connectivity index (χ1) is 9.33. The predicted molar refractivity (Wildman–Crippen MR) is 84.1 cm³/mol. The Morgan fingerprint density at radius 1 is 1.40 bits per heavy atom. The van der Waals surface area contributed by atoms with Crippen molar-refractivity contribution in [2.24, 2.45) is 0 Å². The van der Waals surface area contributed by atoms with E-state index in [0.717, 1.165) is 18.5 Å². The number of sulfone groups is 1. The second-order valence-corrected chi connectivity index (χ2v) is 8.07. The lowest BCUT2D eigenvalue weighted by Gasteiger charge is -2.19. The minimum absolute atomic E-state index is 0.0496. The third-order valence-electron chi connectivity index (χ3n) is 2.99. The summed E-state index contributed by atoms with van der Waals surface area (Å²) >= 11 is 3.18. The standard InChI is InChI=1S/C14H21BrFNO2S/c1-3-8-17-14(5-4-9-20(2,18)19)11-6-7-13(16)12(15)10-11/h6-7,10,14,17H,3-5,8-9H2,1-2H3. The molecule has 20 heavy (non-hydrogen) atoms. The zero-order valence-electron chi connectivity index (χ0n) is 11.8. The first-order valence-corrected chi connectivity index (χ1v) is 9.55. The van der Waals surface area contributed by atoms with Crippen molar-refractivity contribution >= 4 is 25.8 Å². The van der Waals surface area contributed by atoms with Gasteiger partial charge in [-0.2, -0.15) is 0 Å². The summed E-state index contributed by atoms with van der Waals surface area (Å²) in [5, 5.41) is 3.38. The van der Waals surface area contributed by atoms with Gasteiger partial charge in [-0.1, -0.05) is 13.0 Å². The van der Waals surface area contributed by atoms with Crippen LogP contribution in [0.25, 0.3) is 0 Å². The summed E-state index contributed by atoms with van der Waals surface area (Å²) in [7, 11) is -2.93. The minimum Gasteiger partial charge on any atom is -0.310 e. The molecule has 6 heteroatoms. The number of benzene rings is 1. The Bertz CT molecular complexity index is 534. The molecular weight excluding hydrogens is 345 g/mol. The first kappa shape index (κ1) is 17.6. The van der Waals surface area contributed by atoms with Crippen molar-refractivity contribution in [3.05, 3.63) is 34.1 Å². The Balaban J connectivity index is 2.74. The molecule has 1 N–H and O–H groups in total. The van der Waals surface area contributed by atoms with Gasteiger partial charge < -0.3 is 5.32 Å². The lowest BCUT2D eigenvalue weighted by atomic mass is 10.0. The van der Waals surface area contributed by atoms with Gasteiger partial charge in [0.25, 0.3) is 0 Å². The molecule has 0 bridgehead atoms. The Labute approximate surface area is 129 Å². The number of hydrogen-bond acceptors (Lipinski definition) is 3. The quantitative estimate of drug-likeness (QED) is 0.767. The van der Waals surface area contributed by atoms with Gasteiger partial charge in [0.1, 0.15) is 15.7 Å². The highest BCUT2D eigenvalue weighted by Crippen LogP contribution is 2.24. The molecule has 0 spiro atoms. The summed E-state index contributed by atoms with van der Waals surface area (Å²) in [4.78, 5) is 0. The summed E-state index contributed by atoms with van der Waals surface area (Å²) in [5.41, 5.74) is 0.972. The molecule has 0 aliphatic heterocycles. The third kappa shape index (κ3) is 6.33. The van der Waals surface area contributed by atoms with Gasteiger partial charge in [-0.25, -0.2) is 12.8 Å².